The van der Waals surface area contributed by atoms with Crippen molar-refractivity contribution in [3.8, 4) is 0 Å². The molecule has 0 bridgehead atoms. The zero-order valence-electron chi connectivity index (χ0n) is 63.2. The van der Waals surface area contributed by atoms with Gasteiger partial charge in [-0.3, -0.25) is 37.3 Å². The summed E-state index contributed by atoms with van der Waals surface area (Å²) in [6.07, 6.45) is 61.1. The molecule has 0 aromatic heterocycles. The summed E-state index contributed by atoms with van der Waals surface area (Å²) in [5.74, 6) is -1.30. The van der Waals surface area contributed by atoms with Crippen LogP contribution >= 0.6 is 15.6 Å². The van der Waals surface area contributed by atoms with Gasteiger partial charge in [0, 0.05) is 25.7 Å². The van der Waals surface area contributed by atoms with Gasteiger partial charge in [-0.2, -0.15) is 0 Å². The Morgan fingerprint density at radius 2 is 0.495 bits per heavy atom. The molecular weight excluding hydrogens is 1270 g/mol. The van der Waals surface area contributed by atoms with Gasteiger partial charge in [0.2, 0.25) is 0 Å². The molecule has 97 heavy (non-hydrogen) atoms. The Morgan fingerprint density at radius 1 is 0.289 bits per heavy atom. The van der Waals surface area contributed by atoms with Crippen molar-refractivity contribution in [3.05, 3.63) is 0 Å². The minimum atomic E-state index is -4.96. The van der Waals surface area contributed by atoms with Gasteiger partial charge in [0.1, 0.15) is 19.3 Å². The van der Waals surface area contributed by atoms with Crippen molar-refractivity contribution >= 4 is 39.5 Å². The van der Waals surface area contributed by atoms with E-state index in [9.17, 15) is 43.2 Å². The second kappa shape index (κ2) is 71.1. The lowest BCUT2D eigenvalue weighted by atomic mass is 9.99. The second-order valence-electron chi connectivity index (χ2n) is 28.3. The van der Waals surface area contributed by atoms with Crippen LogP contribution in [-0.2, 0) is 65.4 Å². The van der Waals surface area contributed by atoms with Crippen molar-refractivity contribution in [3.63, 3.8) is 0 Å². The van der Waals surface area contributed by atoms with Crippen molar-refractivity contribution in [1.82, 2.24) is 0 Å². The van der Waals surface area contributed by atoms with Crippen LogP contribution in [0.4, 0.5) is 0 Å². The highest BCUT2D eigenvalue weighted by atomic mass is 31.2. The molecule has 6 atom stereocenters. The first-order chi connectivity index (χ1) is 47.1. The maximum absolute atomic E-state index is 13.1. The molecule has 19 heteroatoms. The number of hydrogen-bond donors (Lipinski definition) is 3. The van der Waals surface area contributed by atoms with E-state index < -0.39 is 97.5 Å². The molecule has 3 unspecified atom stereocenters. The summed E-state index contributed by atoms with van der Waals surface area (Å²) < 4.78 is 68.5. The van der Waals surface area contributed by atoms with Crippen molar-refractivity contribution in [2.75, 3.05) is 39.6 Å². The van der Waals surface area contributed by atoms with Gasteiger partial charge in [-0.05, 0) is 31.6 Å². The number of unbranched alkanes of at least 4 members (excludes halogenated alkanes) is 49. The summed E-state index contributed by atoms with van der Waals surface area (Å²) in [5.41, 5.74) is 0. The molecule has 0 spiro atoms. The third kappa shape index (κ3) is 70.9. The minimum Gasteiger partial charge on any atom is -0.462 e. The molecule has 0 rings (SSSR count). The van der Waals surface area contributed by atoms with E-state index in [0.29, 0.717) is 25.7 Å². The molecule has 0 aromatic rings. The Labute approximate surface area is 594 Å². The first kappa shape index (κ1) is 95.1. The van der Waals surface area contributed by atoms with E-state index in [-0.39, 0.29) is 25.7 Å². The molecule has 0 aliphatic carbocycles. The summed E-state index contributed by atoms with van der Waals surface area (Å²) in [6, 6.07) is 0. The molecular formula is C78H152O17P2. The van der Waals surface area contributed by atoms with Gasteiger partial charge >= 0.3 is 39.5 Å². The number of carbonyl (C=O) groups is 4. The quantitative estimate of drug-likeness (QED) is 0.0222. The maximum atomic E-state index is 13.1. The van der Waals surface area contributed by atoms with Crippen LogP contribution in [-0.4, -0.2) is 96.7 Å². The second-order valence-corrected chi connectivity index (χ2v) is 31.3. The van der Waals surface area contributed by atoms with Gasteiger partial charge in [0.05, 0.1) is 26.4 Å². The molecule has 576 valence electrons. The van der Waals surface area contributed by atoms with E-state index >= 15 is 0 Å². The largest absolute Gasteiger partial charge is 0.472 e. The van der Waals surface area contributed by atoms with E-state index in [1.165, 1.54) is 231 Å². The fourth-order valence-corrected chi connectivity index (χ4v) is 13.6. The number of rotatable bonds is 78. The number of carbonyl (C=O) groups excluding carboxylic acids is 4. The molecule has 0 radical (unpaired) electrons. The molecule has 0 saturated carbocycles. The highest BCUT2D eigenvalue weighted by Gasteiger charge is 2.30. The average Bonchev–Trinajstić information content (AvgIpc) is 2.34. The number of aliphatic hydroxyl groups excluding tert-OH is 1. The van der Waals surface area contributed by atoms with Gasteiger partial charge in [0.15, 0.2) is 12.2 Å². The topological polar surface area (TPSA) is 237 Å². The van der Waals surface area contributed by atoms with Gasteiger partial charge < -0.3 is 33.8 Å². The monoisotopic (exact) mass is 1420 g/mol. The molecule has 0 fully saturated rings. The highest BCUT2D eigenvalue weighted by molar-refractivity contribution is 7.47. The van der Waals surface area contributed by atoms with Crippen LogP contribution < -0.4 is 0 Å². The van der Waals surface area contributed by atoms with Crippen LogP contribution in [0, 0.1) is 5.92 Å². The Kier molecular flexibility index (Phi) is 69.6. The van der Waals surface area contributed by atoms with Gasteiger partial charge in [-0.1, -0.05) is 362 Å². The summed E-state index contributed by atoms with van der Waals surface area (Å²) >= 11 is 0. The SMILES string of the molecule is CCCCCCCCCCCCCCCCCCCCCCCCC(=O)O[C@H](COC(=O)CCCCCCCCCCCCC(C)CC)COP(=O)(O)OC[C@@H](O)COP(=O)(O)OC[C@@H](COC(=O)CCCCCCCCCC)OC(=O)CCCCCCCCCCCCCCC. The van der Waals surface area contributed by atoms with Crippen LogP contribution in [0.2, 0.25) is 0 Å². The van der Waals surface area contributed by atoms with Crippen LogP contribution in [0.5, 0.6) is 0 Å². The molecule has 0 heterocycles. The molecule has 3 N–H and O–H groups in total. The lowest BCUT2D eigenvalue weighted by Gasteiger charge is -2.21. The lowest BCUT2D eigenvalue weighted by molar-refractivity contribution is -0.161. The van der Waals surface area contributed by atoms with Crippen molar-refractivity contribution in [2.45, 2.75) is 432 Å². The van der Waals surface area contributed by atoms with Crippen molar-refractivity contribution in [2.24, 2.45) is 5.92 Å². The molecule has 0 aromatic carbocycles. The van der Waals surface area contributed by atoms with E-state index in [4.69, 9.17) is 37.0 Å². The fraction of sp³-hybridized carbons (Fsp3) is 0.949. The number of aliphatic hydroxyl groups is 1. The summed E-state index contributed by atoms with van der Waals surface area (Å²) in [5, 5.41) is 10.6. The van der Waals surface area contributed by atoms with Crippen LogP contribution in [0.3, 0.4) is 0 Å². The molecule has 0 aliphatic heterocycles. The van der Waals surface area contributed by atoms with Crippen LogP contribution in [0.15, 0.2) is 0 Å². The zero-order chi connectivity index (χ0) is 71.2. The van der Waals surface area contributed by atoms with Gasteiger partial charge in [0.25, 0.3) is 0 Å². The third-order valence-corrected chi connectivity index (χ3v) is 20.5. The number of esters is 4. The lowest BCUT2D eigenvalue weighted by Crippen LogP contribution is -2.30. The predicted molar refractivity (Wildman–Crippen MR) is 395 cm³/mol. The van der Waals surface area contributed by atoms with Crippen LogP contribution in [0.25, 0.3) is 0 Å². The first-order valence-corrected chi connectivity index (χ1v) is 43.7. The van der Waals surface area contributed by atoms with Crippen LogP contribution in [0.1, 0.15) is 413 Å². The normalized spacial score (nSPS) is 14.2. The Morgan fingerprint density at radius 3 is 0.732 bits per heavy atom. The first-order valence-electron chi connectivity index (χ1n) is 40.7. The minimum absolute atomic E-state index is 0.108. The molecule has 0 amide bonds. The smallest absolute Gasteiger partial charge is 0.462 e. The van der Waals surface area contributed by atoms with Gasteiger partial charge in [-0.15, -0.1) is 0 Å². The molecule has 0 saturated heterocycles. The highest BCUT2D eigenvalue weighted by Crippen LogP contribution is 2.45. The Hall–Kier alpha value is -1.94. The number of ether oxygens (including phenoxy) is 4. The number of phosphoric acid groups is 2. The molecule has 17 nitrogen and oxygen atoms in total. The maximum Gasteiger partial charge on any atom is 0.472 e. The molecule has 0 aliphatic rings. The number of hydrogen-bond acceptors (Lipinski definition) is 15. The van der Waals surface area contributed by atoms with E-state index in [1.807, 2.05) is 0 Å². The Bertz CT molecular complexity index is 1860. The Balaban J connectivity index is 5.17. The van der Waals surface area contributed by atoms with Gasteiger partial charge in [-0.25, -0.2) is 9.13 Å². The average molecular weight is 1420 g/mol. The van der Waals surface area contributed by atoms with E-state index in [1.54, 1.807) is 0 Å². The third-order valence-electron chi connectivity index (χ3n) is 18.6. The predicted octanol–water partition coefficient (Wildman–Crippen LogP) is 23.3. The zero-order valence-corrected chi connectivity index (χ0v) is 65.0. The van der Waals surface area contributed by atoms with Crippen molar-refractivity contribution < 1.29 is 80.2 Å². The van der Waals surface area contributed by atoms with Crippen molar-refractivity contribution in [1.29, 1.82) is 0 Å². The summed E-state index contributed by atoms with van der Waals surface area (Å²) in [7, 11) is -9.91. The standard InChI is InChI=1S/C78H152O17P2/c1-6-10-13-16-19-22-24-26-27-28-29-30-31-32-33-34-36-38-44-49-54-59-64-78(83)95-74(68-89-76(81)62-57-52-47-42-40-39-41-45-50-55-60-71(5)9-4)70-93-97(86,87)91-66-72(79)65-90-96(84,85)92-69-73(67-88-75(80)61-56-51-46-21-18-15-12-8-3)94-77(82)63-58-53-48-43-37-35-25-23-20-17-14-11-7-2/h71-74,79H,6-70H2,1-5H3,(H,84,85)(H,86,87)/t71?,72-,73+,74+/m0/s1. The summed E-state index contributed by atoms with van der Waals surface area (Å²) in [4.78, 5) is 72.8. The number of phosphoric ester groups is 2. The fourth-order valence-electron chi connectivity index (χ4n) is 12.0. The summed E-state index contributed by atoms with van der Waals surface area (Å²) in [6.45, 7) is 7.31. The van der Waals surface area contributed by atoms with E-state index in [0.717, 1.165) is 102 Å². The van der Waals surface area contributed by atoms with E-state index in [2.05, 4.69) is 34.6 Å².